The van der Waals surface area contributed by atoms with Crippen molar-refractivity contribution in [1.29, 1.82) is 0 Å². The molecule has 0 radical (unpaired) electrons. The molecule has 0 saturated heterocycles. The van der Waals surface area contributed by atoms with Gasteiger partial charge in [-0.2, -0.15) is 0 Å². The maximum Gasteiger partial charge on any atom is 0.145 e. The van der Waals surface area contributed by atoms with Crippen LogP contribution >= 0.6 is 23.4 Å². The number of benzene rings is 2. The van der Waals surface area contributed by atoms with Gasteiger partial charge in [0, 0.05) is 16.7 Å². The van der Waals surface area contributed by atoms with Crippen LogP contribution in [-0.4, -0.2) is 11.8 Å². The molecule has 0 amide bonds. The molecule has 1 atom stereocenters. The largest absolute Gasteiger partial charge is 0.271 e. The molecule has 2 aromatic carbocycles. The molecule has 0 saturated carbocycles. The first-order valence-corrected chi connectivity index (χ1v) is 8.05. The van der Waals surface area contributed by atoms with Gasteiger partial charge in [0.05, 0.1) is 5.02 Å². The molecule has 5 heteroatoms. The molecule has 3 N–H and O–H groups in total. The standard InChI is InChI=1S/C16H18ClFN2S/c1-11-5-7-14(8-6-11)21-10-13(20-19)9-12-3-2-4-15(17)16(12)18/h2-8,13,20H,9-10,19H2,1H3. The molecule has 0 heterocycles. The molecule has 2 rings (SSSR count). The third kappa shape index (κ3) is 4.71. The van der Waals surface area contributed by atoms with Crippen LogP contribution in [-0.2, 0) is 6.42 Å². The zero-order chi connectivity index (χ0) is 15.2. The number of halogens is 2. The molecular formula is C16H18ClFN2S. The summed E-state index contributed by atoms with van der Waals surface area (Å²) >= 11 is 7.49. The van der Waals surface area contributed by atoms with Crippen LogP contribution in [0.25, 0.3) is 0 Å². The van der Waals surface area contributed by atoms with Crippen LogP contribution in [0.3, 0.4) is 0 Å². The summed E-state index contributed by atoms with van der Waals surface area (Å²) in [5.74, 6) is 5.97. The molecule has 0 aromatic heterocycles. The Kier molecular flexibility index (Phi) is 6.06. The second-order valence-corrected chi connectivity index (χ2v) is 6.41. The van der Waals surface area contributed by atoms with Crippen molar-refractivity contribution in [3.63, 3.8) is 0 Å². The number of hydrogen-bond acceptors (Lipinski definition) is 3. The predicted molar refractivity (Wildman–Crippen MR) is 88.1 cm³/mol. The molecule has 0 aliphatic carbocycles. The average molecular weight is 325 g/mol. The quantitative estimate of drug-likeness (QED) is 0.480. The lowest BCUT2D eigenvalue weighted by Gasteiger charge is -2.16. The topological polar surface area (TPSA) is 38.0 Å². The van der Waals surface area contributed by atoms with E-state index in [0.717, 1.165) is 5.75 Å². The van der Waals surface area contributed by atoms with Gasteiger partial charge in [0.1, 0.15) is 5.82 Å². The van der Waals surface area contributed by atoms with Crippen molar-refractivity contribution >= 4 is 23.4 Å². The minimum atomic E-state index is -0.361. The van der Waals surface area contributed by atoms with Gasteiger partial charge >= 0.3 is 0 Å². The lowest BCUT2D eigenvalue weighted by atomic mass is 10.1. The van der Waals surface area contributed by atoms with Gasteiger partial charge in [-0.15, -0.1) is 11.8 Å². The average Bonchev–Trinajstić information content (AvgIpc) is 2.49. The summed E-state index contributed by atoms with van der Waals surface area (Å²) in [5, 5.41) is 0.148. The maximum atomic E-state index is 13.9. The highest BCUT2D eigenvalue weighted by atomic mass is 35.5. The van der Waals surface area contributed by atoms with Gasteiger partial charge in [0.2, 0.25) is 0 Å². The lowest BCUT2D eigenvalue weighted by molar-refractivity contribution is 0.547. The Morgan fingerprint density at radius 2 is 1.95 bits per heavy atom. The maximum absolute atomic E-state index is 13.9. The minimum absolute atomic E-state index is 0.0238. The fourth-order valence-electron chi connectivity index (χ4n) is 1.97. The Labute approximate surface area is 133 Å². The van der Waals surface area contributed by atoms with Gasteiger partial charge in [-0.3, -0.25) is 11.3 Å². The first-order chi connectivity index (χ1) is 10.1. The van der Waals surface area contributed by atoms with Crippen LogP contribution in [0.5, 0.6) is 0 Å². The normalized spacial score (nSPS) is 12.4. The fraction of sp³-hybridized carbons (Fsp3) is 0.250. The molecule has 1 unspecified atom stereocenters. The molecule has 2 nitrogen and oxygen atoms in total. The van der Waals surface area contributed by atoms with Crippen LogP contribution in [0, 0.1) is 12.7 Å². The van der Waals surface area contributed by atoms with Gasteiger partial charge < -0.3 is 0 Å². The zero-order valence-corrected chi connectivity index (χ0v) is 13.3. The van der Waals surface area contributed by atoms with E-state index in [-0.39, 0.29) is 16.9 Å². The number of nitrogens with two attached hydrogens (primary N) is 1. The van der Waals surface area contributed by atoms with Crippen molar-refractivity contribution in [2.24, 2.45) is 5.84 Å². The van der Waals surface area contributed by atoms with Crippen LogP contribution in [0.4, 0.5) is 4.39 Å². The molecular weight excluding hydrogens is 307 g/mol. The van der Waals surface area contributed by atoms with Crippen molar-refractivity contribution in [3.8, 4) is 0 Å². The summed E-state index contributed by atoms with van der Waals surface area (Å²) in [7, 11) is 0. The highest BCUT2D eigenvalue weighted by molar-refractivity contribution is 7.99. The SMILES string of the molecule is Cc1ccc(SCC(Cc2cccc(Cl)c2F)NN)cc1. The van der Waals surface area contributed by atoms with E-state index in [1.54, 1.807) is 30.0 Å². The molecule has 21 heavy (non-hydrogen) atoms. The predicted octanol–water partition coefficient (Wildman–Crippen LogP) is 3.95. The Morgan fingerprint density at radius 3 is 2.62 bits per heavy atom. The molecule has 112 valence electrons. The summed E-state index contributed by atoms with van der Waals surface area (Å²) in [4.78, 5) is 1.17. The van der Waals surface area contributed by atoms with E-state index in [9.17, 15) is 4.39 Å². The summed E-state index contributed by atoms with van der Waals surface area (Å²) < 4.78 is 13.9. The third-order valence-corrected chi connectivity index (χ3v) is 4.67. The van der Waals surface area contributed by atoms with Crippen LogP contribution < -0.4 is 11.3 Å². The van der Waals surface area contributed by atoms with E-state index in [1.165, 1.54) is 10.5 Å². The monoisotopic (exact) mass is 324 g/mol. The van der Waals surface area contributed by atoms with E-state index in [1.807, 2.05) is 0 Å². The van der Waals surface area contributed by atoms with Gasteiger partial charge in [-0.1, -0.05) is 41.4 Å². The van der Waals surface area contributed by atoms with E-state index in [2.05, 4.69) is 36.6 Å². The number of aryl methyl sites for hydroxylation is 1. The number of hydrazine groups is 1. The second-order valence-electron chi connectivity index (χ2n) is 4.90. The van der Waals surface area contributed by atoms with Crippen LogP contribution in [0.2, 0.25) is 5.02 Å². The highest BCUT2D eigenvalue weighted by Gasteiger charge is 2.13. The van der Waals surface area contributed by atoms with Gasteiger partial charge in [0.15, 0.2) is 0 Å². The molecule has 0 bridgehead atoms. The Hall–Kier alpha value is -1.07. The molecule has 2 aromatic rings. The van der Waals surface area contributed by atoms with Crippen molar-refractivity contribution in [2.75, 3.05) is 5.75 Å². The van der Waals surface area contributed by atoms with Crippen molar-refractivity contribution in [1.82, 2.24) is 5.43 Å². The van der Waals surface area contributed by atoms with Crippen molar-refractivity contribution in [2.45, 2.75) is 24.3 Å². The highest BCUT2D eigenvalue weighted by Crippen LogP contribution is 2.22. The smallest absolute Gasteiger partial charge is 0.145 e. The zero-order valence-electron chi connectivity index (χ0n) is 11.8. The van der Waals surface area contributed by atoms with E-state index in [0.29, 0.717) is 12.0 Å². The minimum Gasteiger partial charge on any atom is -0.271 e. The summed E-state index contributed by atoms with van der Waals surface area (Å²) in [5.41, 5.74) is 4.56. The molecule has 0 aliphatic heterocycles. The Morgan fingerprint density at radius 1 is 1.24 bits per heavy atom. The van der Waals surface area contributed by atoms with E-state index in [4.69, 9.17) is 17.4 Å². The summed E-state index contributed by atoms with van der Waals surface area (Å²) in [6.45, 7) is 2.06. The van der Waals surface area contributed by atoms with Crippen molar-refractivity contribution in [3.05, 3.63) is 64.4 Å². The number of thioether (sulfide) groups is 1. The van der Waals surface area contributed by atoms with E-state index < -0.39 is 0 Å². The molecule has 0 fully saturated rings. The summed E-state index contributed by atoms with van der Waals surface area (Å²) in [6.07, 6.45) is 0.502. The second kappa shape index (κ2) is 7.80. The van der Waals surface area contributed by atoms with Crippen LogP contribution in [0.15, 0.2) is 47.4 Å². The first-order valence-electron chi connectivity index (χ1n) is 6.68. The Balaban J connectivity index is 1.97. The first kappa shape index (κ1) is 16.3. The van der Waals surface area contributed by atoms with Gasteiger partial charge in [-0.05, 0) is 37.1 Å². The van der Waals surface area contributed by atoms with E-state index >= 15 is 0 Å². The molecule has 0 aliphatic rings. The summed E-state index contributed by atoms with van der Waals surface area (Å²) in [6, 6.07) is 13.3. The molecule has 0 spiro atoms. The fourth-order valence-corrected chi connectivity index (χ4v) is 3.10. The number of hydrogen-bond donors (Lipinski definition) is 2. The number of nitrogens with one attached hydrogen (secondary N) is 1. The Bertz CT molecular complexity index is 589. The third-order valence-electron chi connectivity index (χ3n) is 3.21. The van der Waals surface area contributed by atoms with Crippen LogP contribution in [0.1, 0.15) is 11.1 Å². The van der Waals surface area contributed by atoms with Crippen molar-refractivity contribution < 1.29 is 4.39 Å². The lowest BCUT2D eigenvalue weighted by Crippen LogP contribution is -2.38. The number of rotatable bonds is 6. The van der Waals surface area contributed by atoms with Gasteiger partial charge in [0.25, 0.3) is 0 Å². The van der Waals surface area contributed by atoms with Gasteiger partial charge in [-0.25, -0.2) is 4.39 Å².